The third-order valence-corrected chi connectivity index (χ3v) is 3.05. The first-order valence-electron chi connectivity index (χ1n) is 6.32. The number of aromatic nitrogens is 1. The number of halogens is 1. The molecule has 6 heteroatoms. The Kier molecular flexibility index (Phi) is 5.89. The zero-order valence-corrected chi connectivity index (χ0v) is 11.9. The van der Waals surface area contributed by atoms with Crippen molar-refractivity contribution in [3.63, 3.8) is 0 Å². The van der Waals surface area contributed by atoms with Gasteiger partial charge < -0.3 is 15.0 Å². The maximum atomic E-state index is 12.0. The minimum absolute atomic E-state index is 0.0640. The van der Waals surface area contributed by atoms with Gasteiger partial charge in [0, 0.05) is 25.2 Å². The number of hydrogen-bond donors (Lipinski definition) is 2. The van der Waals surface area contributed by atoms with Crippen LogP contribution in [0.3, 0.4) is 0 Å². The van der Waals surface area contributed by atoms with Gasteiger partial charge in [-0.15, -0.1) is 0 Å². The fourth-order valence-electron chi connectivity index (χ4n) is 1.86. The van der Waals surface area contributed by atoms with Gasteiger partial charge in [0.15, 0.2) is 0 Å². The van der Waals surface area contributed by atoms with Crippen LogP contribution in [0.4, 0.5) is 0 Å². The Labute approximate surface area is 117 Å². The summed E-state index contributed by atoms with van der Waals surface area (Å²) in [6, 6.07) is 1.57. The number of carboxylic acid groups (broad SMARTS) is 1. The number of aliphatic carboxylic acids is 1. The Balaban J connectivity index is 2.51. The van der Waals surface area contributed by atoms with E-state index in [1.165, 1.54) is 0 Å². The first-order chi connectivity index (χ1) is 8.93. The summed E-state index contributed by atoms with van der Waals surface area (Å²) in [6.45, 7) is 4.47. The van der Waals surface area contributed by atoms with Gasteiger partial charge in [0.1, 0.15) is 5.69 Å². The van der Waals surface area contributed by atoms with Crippen molar-refractivity contribution in [1.82, 2.24) is 9.88 Å². The van der Waals surface area contributed by atoms with Crippen LogP contribution in [-0.4, -0.2) is 27.6 Å². The SMILES string of the molecule is CCn1cc(Cl)cc1C(=O)NC(C)CCCC(=O)O. The molecule has 1 aromatic rings. The van der Waals surface area contributed by atoms with Crippen molar-refractivity contribution >= 4 is 23.5 Å². The molecule has 0 saturated heterocycles. The lowest BCUT2D eigenvalue weighted by Crippen LogP contribution is -2.33. The highest BCUT2D eigenvalue weighted by Crippen LogP contribution is 2.14. The van der Waals surface area contributed by atoms with Gasteiger partial charge in [-0.05, 0) is 32.8 Å². The van der Waals surface area contributed by atoms with E-state index in [4.69, 9.17) is 16.7 Å². The van der Waals surface area contributed by atoms with Crippen LogP contribution in [0.1, 0.15) is 43.6 Å². The van der Waals surface area contributed by atoms with E-state index in [1.54, 1.807) is 16.8 Å². The molecule has 0 aliphatic heterocycles. The number of nitrogens with zero attached hydrogens (tertiary/aromatic N) is 1. The lowest BCUT2D eigenvalue weighted by molar-refractivity contribution is -0.137. The average molecular weight is 287 g/mol. The van der Waals surface area contributed by atoms with E-state index < -0.39 is 5.97 Å². The van der Waals surface area contributed by atoms with Crippen LogP contribution in [0.2, 0.25) is 5.02 Å². The molecular formula is C13H19ClN2O3. The Morgan fingerprint density at radius 3 is 2.79 bits per heavy atom. The lowest BCUT2D eigenvalue weighted by atomic mass is 10.1. The number of carbonyl (C=O) groups is 2. The van der Waals surface area contributed by atoms with Gasteiger partial charge in [-0.1, -0.05) is 11.6 Å². The molecule has 5 nitrogen and oxygen atoms in total. The number of aryl methyl sites for hydroxylation is 1. The Morgan fingerprint density at radius 1 is 1.53 bits per heavy atom. The normalized spacial score (nSPS) is 12.2. The summed E-state index contributed by atoms with van der Waals surface area (Å²) in [5.41, 5.74) is 0.526. The summed E-state index contributed by atoms with van der Waals surface area (Å²) in [6.07, 6.45) is 3.02. The van der Waals surface area contributed by atoms with Gasteiger partial charge in [-0.2, -0.15) is 0 Å². The van der Waals surface area contributed by atoms with Crippen LogP contribution in [-0.2, 0) is 11.3 Å². The Hall–Kier alpha value is -1.49. The maximum absolute atomic E-state index is 12.0. The Morgan fingerprint density at radius 2 is 2.21 bits per heavy atom. The van der Waals surface area contributed by atoms with E-state index in [0.717, 1.165) is 0 Å². The summed E-state index contributed by atoms with van der Waals surface area (Å²) in [4.78, 5) is 22.4. The molecule has 106 valence electrons. The van der Waals surface area contributed by atoms with Crippen molar-refractivity contribution in [2.75, 3.05) is 0 Å². The average Bonchev–Trinajstić information content (AvgIpc) is 2.70. The van der Waals surface area contributed by atoms with Crippen molar-refractivity contribution < 1.29 is 14.7 Å². The minimum atomic E-state index is -0.815. The number of amides is 1. The fourth-order valence-corrected chi connectivity index (χ4v) is 2.08. The summed E-state index contributed by atoms with van der Waals surface area (Å²) < 4.78 is 1.78. The first kappa shape index (κ1) is 15.6. The van der Waals surface area contributed by atoms with Crippen molar-refractivity contribution in [3.05, 3.63) is 23.0 Å². The molecule has 1 atom stereocenters. The zero-order chi connectivity index (χ0) is 14.4. The Bertz CT molecular complexity index is 457. The van der Waals surface area contributed by atoms with Gasteiger partial charge in [-0.3, -0.25) is 9.59 Å². The second kappa shape index (κ2) is 7.19. The number of nitrogens with one attached hydrogen (secondary N) is 1. The van der Waals surface area contributed by atoms with Crippen molar-refractivity contribution in [2.24, 2.45) is 0 Å². The maximum Gasteiger partial charge on any atom is 0.303 e. The standard InChI is InChI=1S/C13H19ClN2O3/c1-3-16-8-10(14)7-11(16)13(19)15-9(2)5-4-6-12(17)18/h7-9H,3-6H2,1-2H3,(H,15,19)(H,17,18). The quantitative estimate of drug-likeness (QED) is 0.809. The van der Waals surface area contributed by atoms with Gasteiger partial charge in [0.25, 0.3) is 5.91 Å². The molecule has 0 radical (unpaired) electrons. The van der Waals surface area contributed by atoms with Gasteiger partial charge in [0.05, 0.1) is 5.02 Å². The van der Waals surface area contributed by atoms with Crippen molar-refractivity contribution in [1.29, 1.82) is 0 Å². The molecule has 2 N–H and O–H groups in total. The van der Waals surface area contributed by atoms with E-state index in [9.17, 15) is 9.59 Å². The summed E-state index contributed by atoms with van der Waals surface area (Å²) in [5.74, 6) is -0.998. The second-order valence-electron chi connectivity index (χ2n) is 4.49. The van der Waals surface area contributed by atoms with Crippen LogP contribution in [0.5, 0.6) is 0 Å². The summed E-state index contributed by atoms with van der Waals surface area (Å²) in [7, 11) is 0. The highest BCUT2D eigenvalue weighted by Gasteiger charge is 2.14. The molecule has 0 fully saturated rings. The van der Waals surface area contributed by atoms with Gasteiger partial charge in [0.2, 0.25) is 0 Å². The largest absolute Gasteiger partial charge is 0.481 e. The topological polar surface area (TPSA) is 71.3 Å². The van der Waals surface area contributed by atoms with Crippen LogP contribution in [0.25, 0.3) is 0 Å². The van der Waals surface area contributed by atoms with Crippen LogP contribution >= 0.6 is 11.6 Å². The lowest BCUT2D eigenvalue weighted by Gasteiger charge is -2.14. The molecule has 1 amide bonds. The third kappa shape index (κ3) is 4.95. The summed E-state index contributed by atoms with van der Waals surface area (Å²) in [5, 5.41) is 11.9. The van der Waals surface area contributed by atoms with Crippen molar-refractivity contribution in [2.45, 2.75) is 45.7 Å². The number of hydrogen-bond acceptors (Lipinski definition) is 2. The zero-order valence-electron chi connectivity index (χ0n) is 11.1. The minimum Gasteiger partial charge on any atom is -0.481 e. The van der Waals surface area contributed by atoms with E-state index in [1.807, 2.05) is 13.8 Å². The first-order valence-corrected chi connectivity index (χ1v) is 6.70. The van der Waals surface area contributed by atoms with Crippen LogP contribution < -0.4 is 5.32 Å². The highest BCUT2D eigenvalue weighted by molar-refractivity contribution is 6.31. The molecule has 0 bridgehead atoms. The molecule has 0 spiro atoms. The molecular weight excluding hydrogens is 268 g/mol. The molecule has 19 heavy (non-hydrogen) atoms. The molecule has 1 rings (SSSR count). The molecule has 1 heterocycles. The smallest absolute Gasteiger partial charge is 0.303 e. The monoisotopic (exact) mass is 286 g/mol. The molecule has 0 aliphatic rings. The number of rotatable bonds is 7. The predicted octanol–water partition coefficient (Wildman–Crippen LogP) is 2.53. The molecule has 1 aromatic heterocycles. The molecule has 0 aromatic carbocycles. The molecule has 1 unspecified atom stereocenters. The highest BCUT2D eigenvalue weighted by atomic mass is 35.5. The third-order valence-electron chi connectivity index (χ3n) is 2.84. The molecule has 0 aliphatic carbocycles. The van der Waals surface area contributed by atoms with E-state index in [0.29, 0.717) is 30.1 Å². The van der Waals surface area contributed by atoms with Gasteiger partial charge >= 0.3 is 5.97 Å². The van der Waals surface area contributed by atoms with Crippen LogP contribution in [0, 0.1) is 0 Å². The number of carboxylic acids is 1. The number of carbonyl (C=O) groups excluding carboxylic acids is 1. The van der Waals surface area contributed by atoms with Crippen molar-refractivity contribution in [3.8, 4) is 0 Å². The second-order valence-corrected chi connectivity index (χ2v) is 4.93. The van der Waals surface area contributed by atoms with Gasteiger partial charge in [-0.25, -0.2) is 0 Å². The van der Waals surface area contributed by atoms with E-state index in [2.05, 4.69) is 5.32 Å². The fraction of sp³-hybridized carbons (Fsp3) is 0.538. The predicted molar refractivity (Wildman–Crippen MR) is 73.5 cm³/mol. The van der Waals surface area contributed by atoms with E-state index in [-0.39, 0.29) is 18.4 Å². The summed E-state index contributed by atoms with van der Waals surface area (Å²) >= 11 is 5.88. The van der Waals surface area contributed by atoms with E-state index >= 15 is 0 Å². The van der Waals surface area contributed by atoms with Crippen LogP contribution in [0.15, 0.2) is 12.3 Å². The molecule has 0 saturated carbocycles.